The monoisotopic (exact) mass is 308 g/mol. The number of hydrogen-bond acceptors (Lipinski definition) is 3. The maximum atomic E-state index is 11.8. The maximum Gasteiger partial charge on any atom is 0.223 e. The Morgan fingerprint density at radius 1 is 1.33 bits per heavy atom. The minimum absolute atomic E-state index is 0. The Balaban J connectivity index is 0.00000220. The van der Waals surface area contributed by atoms with Crippen LogP contribution in [-0.4, -0.2) is 41.2 Å². The maximum absolute atomic E-state index is 11.8. The first-order valence-corrected chi connectivity index (χ1v) is 6.68. The average molecular weight is 309 g/mol. The van der Waals surface area contributed by atoms with Gasteiger partial charge in [-0.3, -0.25) is 4.79 Å². The summed E-state index contributed by atoms with van der Waals surface area (Å²) in [6, 6.07) is 9.92. The van der Waals surface area contributed by atoms with E-state index in [0.29, 0.717) is 19.5 Å². The number of carbonyl (C=O) groups excluding carboxylic acids is 1. The zero-order valence-electron chi connectivity index (χ0n) is 12.3. The largest absolute Gasteiger partial charge is 0.341 e. The molecule has 1 aromatic carbocycles. The SMILES string of the molecule is CNCCC(=O)N(C)Cc1cnn(-c2ccccc2)c1.Cl. The fourth-order valence-corrected chi connectivity index (χ4v) is 1.95. The fraction of sp³-hybridized carbons (Fsp3) is 0.333. The lowest BCUT2D eigenvalue weighted by Crippen LogP contribution is -2.28. The van der Waals surface area contributed by atoms with Gasteiger partial charge in [0, 0.05) is 38.3 Å². The normalized spacial score (nSPS) is 10.0. The van der Waals surface area contributed by atoms with Gasteiger partial charge in [0.15, 0.2) is 0 Å². The highest BCUT2D eigenvalue weighted by molar-refractivity contribution is 5.85. The van der Waals surface area contributed by atoms with E-state index in [2.05, 4.69) is 10.4 Å². The van der Waals surface area contributed by atoms with Gasteiger partial charge in [-0.15, -0.1) is 12.4 Å². The van der Waals surface area contributed by atoms with Gasteiger partial charge in [-0.2, -0.15) is 5.10 Å². The Morgan fingerprint density at radius 3 is 2.71 bits per heavy atom. The van der Waals surface area contributed by atoms with Crippen molar-refractivity contribution in [3.05, 3.63) is 48.3 Å². The van der Waals surface area contributed by atoms with Gasteiger partial charge in [0.05, 0.1) is 11.9 Å². The summed E-state index contributed by atoms with van der Waals surface area (Å²) in [5.74, 6) is 0.131. The topological polar surface area (TPSA) is 50.2 Å². The Hall–Kier alpha value is -1.85. The first kappa shape index (κ1) is 17.2. The van der Waals surface area contributed by atoms with E-state index in [1.165, 1.54) is 0 Å². The van der Waals surface area contributed by atoms with E-state index in [-0.39, 0.29) is 18.3 Å². The van der Waals surface area contributed by atoms with Crippen LogP contribution in [-0.2, 0) is 11.3 Å². The van der Waals surface area contributed by atoms with Crippen LogP contribution in [0.3, 0.4) is 0 Å². The smallest absolute Gasteiger partial charge is 0.223 e. The average Bonchev–Trinajstić information content (AvgIpc) is 2.94. The molecule has 0 spiro atoms. The summed E-state index contributed by atoms with van der Waals surface area (Å²) < 4.78 is 1.82. The second kappa shape index (κ2) is 8.44. The highest BCUT2D eigenvalue weighted by Gasteiger charge is 2.10. The third-order valence-corrected chi connectivity index (χ3v) is 3.09. The molecular formula is C15H21ClN4O. The fourth-order valence-electron chi connectivity index (χ4n) is 1.95. The lowest BCUT2D eigenvalue weighted by molar-refractivity contribution is -0.130. The lowest BCUT2D eigenvalue weighted by Gasteiger charge is -2.15. The summed E-state index contributed by atoms with van der Waals surface area (Å²) in [4.78, 5) is 13.6. The molecule has 0 atom stereocenters. The van der Waals surface area contributed by atoms with E-state index in [0.717, 1.165) is 11.3 Å². The van der Waals surface area contributed by atoms with Crippen LogP contribution < -0.4 is 5.32 Å². The van der Waals surface area contributed by atoms with E-state index in [9.17, 15) is 4.79 Å². The zero-order chi connectivity index (χ0) is 14.4. The lowest BCUT2D eigenvalue weighted by atomic mass is 10.3. The number of nitrogens with one attached hydrogen (secondary N) is 1. The van der Waals surface area contributed by atoms with E-state index in [1.807, 2.05) is 55.3 Å². The molecule has 1 aromatic heterocycles. The molecule has 0 bridgehead atoms. The minimum atomic E-state index is 0. The highest BCUT2D eigenvalue weighted by Crippen LogP contribution is 2.09. The van der Waals surface area contributed by atoms with Gasteiger partial charge in [0.25, 0.3) is 0 Å². The van der Waals surface area contributed by atoms with E-state index in [1.54, 1.807) is 11.1 Å². The van der Waals surface area contributed by atoms with Crippen LogP contribution in [0.5, 0.6) is 0 Å². The number of halogens is 1. The summed E-state index contributed by atoms with van der Waals surface area (Å²) in [5, 5.41) is 7.31. The molecule has 0 saturated carbocycles. The van der Waals surface area contributed by atoms with Gasteiger partial charge < -0.3 is 10.2 Å². The van der Waals surface area contributed by atoms with Crippen LogP contribution in [0.15, 0.2) is 42.7 Å². The van der Waals surface area contributed by atoms with Crippen molar-refractivity contribution in [1.29, 1.82) is 0 Å². The van der Waals surface area contributed by atoms with E-state index >= 15 is 0 Å². The quantitative estimate of drug-likeness (QED) is 0.886. The van der Waals surface area contributed by atoms with Crippen LogP contribution in [0.4, 0.5) is 0 Å². The van der Waals surface area contributed by atoms with Crippen LogP contribution in [0, 0.1) is 0 Å². The summed E-state index contributed by atoms with van der Waals surface area (Å²) in [7, 11) is 3.66. The predicted octanol–water partition coefficient (Wildman–Crippen LogP) is 1.86. The molecule has 1 heterocycles. The summed E-state index contributed by atoms with van der Waals surface area (Å²) in [6.45, 7) is 1.28. The highest BCUT2D eigenvalue weighted by atomic mass is 35.5. The van der Waals surface area contributed by atoms with Crippen molar-refractivity contribution in [2.24, 2.45) is 0 Å². The predicted molar refractivity (Wildman–Crippen MR) is 85.8 cm³/mol. The Morgan fingerprint density at radius 2 is 2.05 bits per heavy atom. The molecule has 21 heavy (non-hydrogen) atoms. The third-order valence-electron chi connectivity index (χ3n) is 3.09. The zero-order valence-corrected chi connectivity index (χ0v) is 13.1. The van der Waals surface area contributed by atoms with Crippen molar-refractivity contribution in [3.8, 4) is 5.69 Å². The molecule has 1 amide bonds. The van der Waals surface area contributed by atoms with Crippen molar-refractivity contribution in [2.75, 3.05) is 20.6 Å². The number of rotatable bonds is 6. The Kier molecular flexibility index (Phi) is 6.91. The molecule has 0 unspecified atom stereocenters. The van der Waals surface area contributed by atoms with Gasteiger partial charge in [-0.1, -0.05) is 18.2 Å². The van der Waals surface area contributed by atoms with Gasteiger partial charge in [-0.05, 0) is 19.2 Å². The number of amides is 1. The number of carbonyl (C=O) groups is 1. The van der Waals surface area contributed by atoms with E-state index in [4.69, 9.17) is 0 Å². The van der Waals surface area contributed by atoms with Gasteiger partial charge in [0.1, 0.15) is 0 Å². The molecule has 0 saturated heterocycles. The summed E-state index contributed by atoms with van der Waals surface area (Å²) in [6.07, 6.45) is 4.27. The third kappa shape index (κ3) is 4.88. The van der Waals surface area contributed by atoms with Gasteiger partial charge in [-0.25, -0.2) is 4.68 Å². The molecule has 0 aliphatic heterocycles. The molecule has 1 N–H and O–H groups in total. The standard InChI is InChI=1S/C15H20N4O.ClH/c1-16-9-8-15(20)18(2)11-13-10-17-19(12-13)14-6-4-3-5-7-14;/h3-7,10,12,16H,8-9,11H2,1-2H3;1H. The van der Waals surface area contributed by atoms with Crippen molar-refractivity contribution in [2.45, 2.75) is 13.0 Å². The van der Waals surface area contributed by atoms with Gasteiger partial charge in [0.2, 0.25) is 5.91 Å². The van der Waals surface area contributed by atoms with Crippen molar-refractivity contribution < 1.29 is 4.79 Å². The van der Waals surface area contributed by atoms with Crippen LogP contribution in [0.2, 0.25) is 0 Å². The van der Waals surface area contributed by atoms with E-state index < -0.39 is 0 Å². The summed E-state index contributed by atoms with van der Waals surface area (Å²) >= 11 is 0. The van der Waals surface area contributed by atoms with Crippen molar-refractivity contribution in [3.63, 3.8) is 0 Å². The Bertz CT molecular complexity index is 556. The van der Waals surface area contributed by atoms with Crippen LogP contribution in [0.1, 0.15) is 12.0 Å². The molecule has 0 aliphatic rings. The molecule has 0 fully saturated rings. The number of para-hydroxylation sites is 1. The molecule has 5 nitrogen and oxygen atoms in total. The first-order valence-electron chi connectivity index (χ1n) is 6.68. The molecule has 0 aliphatic carbocycles. The number of aromatic nitrogens is 2. The molecule has 6 heteroatoms. The van der Waals surface area contributed by atoms with Crippen LogP contribution >= 0.6 is 12.4 Å². The molecule has 2 aromatic rings. The minimum Gasteiger partial charge on any atom is -0.341 e. The van der Waals surface area contributed by atoms with Crippen LogP contribution in [0.25, 0.3) is 5.69 Å². The number of benzene rings is 1. The second-order valence-electron chi connectivity index (χ2n) is 4.73. The second-order valence-corrected chi connectivity index (χ2v) is 4.73. The summed E-state index contributed by atoms with van der Waals surface area (Å²) in [5.41, 5.74) is 2.04. The Labute approximate surface area is 131 Å². The molecule has 0 radical (unpaired) electrons. The van der Waals surface area contributed by atoms with Crippen molar-refractivity contribution in [1.82, 2.24) is 20.0 Å². The van der Waals surface area contributed by atoms with Gasteiger partial charge >= 0.3 is 0 Å². The molecule has 2 rings (SSSR count). The molecular weight excluding hydrogens is 288 g/mol. The number of nitrogens with zero attached hydrogens (tertiary/aromatic N) is 3. The number of hydrogen-bond donors (Lipinski definition) is 1. The first-order chi connectivity index (χ1) is 9.70. The van der Waals surface area contributed by atoms with Crippen molar-refractivity contribution >= 4 is 18.3 Å². The molecule has 114 valence electrons.